The number of allylic oxidation sites excluding steroid dienone is 8. The molecule has 18 heavy (non-hydrogen) atoms. The summed E-state index contributed by atoms with van der Waals surface area (Å²) in [5.41, 5.74) is 0. The molecule has 1 nitrogen and oxygen atoms in total. The van der Waals surface area contributed by atoms with Crippen LogP contribution in [0.15, 0.2) is 60.8 Å². The van der Waals surface area contributed by atoms with Crippen molar-refractivity contribution in [3.05, 3.63) is 60.8 Å². The van der Waals surface area contributed by atoms with E-state index in [-0.39, 0.29) is 6.15 Å². The van der Waals surface area contributed by atoms with Crippen LogP contribution in [0.5, 0.6) is 0 Å². The van der Waals surface area contributed by atoms with Crippen LogP contribution in [0.1, 0.15) is 0 Å². The van der Waals surface area contributed by atoms with Crippen LogP contribution in [0.3, 0.4) is 0 Å². The standard InChI is InChI=1S/C16H28BN/c1-17(2,3)15-13-11-9-7-8-10-12-14-16-18(4,5)6/h7-16H,1-6H3/b8-7+,11-9+,12-10+,15-13+,16-14+. The van der Waals surface area contributed by atoms with Crippen LogP contribution in [0.2, 0.25) is 20.5 Å². The Morgan fingerprint density at radius 3 is 1.39 bits per heavy atom. The monoisotopic (exact) mass is 245 g/mol. The normalized spacial score (nSPS) is 15.2. The molecule has 0 amide bonds. The lowest BCUT2D eigenvalue weighted by Crippen LogP contribution is -2.26. The van der Waals surface area contributed by atoms with Gasteiger partial charge in [-0.3, -0.25) is 0 Å². The summed E-state index contributed by atoms with van der Waals surface area (Å²) in [5.74, 6) is 2.25. The third-order valence-corrected chi connectivity index (χ3v) is 2.00. The first-order chi connectivity index (χ1) is 8.21. The molecule has 0 rings (SSSR count). The first-order valence-corrected chi connectivity index (χ1v) is 6.67. The minimum Gasteiger partial charge on any atom is -0.305 e. The van der Waals surface area contributed by atoms with Gasteiger partial charge in [-0.15, -0.1) is 6.08 Å². The number of rotatable bonds is 6. The second kappa shape index (κ2) is 7.94. The van der Waals surface area contributed by atoms with Crippen molar-refractivity contribution in [2.45, 2.75) is 20.5 Å². The van der Waals surface area contributed by atoms with E-state index in [9.17, 15) is 0 Å². The molecular weight excluding hydrogens is 217 g/mol. The van der Waals surface area contributed by atoms with Gasteiger partial charge in [-0.2, -0.15) is 20.5 Å². The number of hydrogen-bond donors (Lipinski definition) is 0. The summed E-state index contributed by atoms with van der Waals surface area (Å²) in [7, 11) is 6.39. The van der Waals surface area contributed by atoms with Gasteiger partial charge in [-0.1, -0.05) is 36.5 Å². The van der Waals surface area contributed by atoms with E-state index < -0.39 is 0 Å². The molecule has 2 heteroatoms. The van der Waals surface area contributed by atoms with Crippen molar-refractivity contribution >= 4 is 6.15 Å². The molecule has 0 bridgehead atoms. The molecule has 0 aromatic carbocycles. The maximum Gasteiger partial charge on any atom is 0.0952 e. The third-order valence-electron chi connectivity index (χ3n) is 2.00. The van der Waals surface area contributed by atoms with Crippen LogP contribution in [0.25, 0.3) is 0 Å². The average molecular weight is 245 g/mol. The lowest BCUT2D eigenvalue weighted by molar-refractivity contribution is -0.817. The predicted octanol–water partition coefficient (Wildman–Crippen LogP) is 4.31. The van der Waals surface area contributed by atoms with Gasteiger partial charge in [-0.25, -0.2) is 5.98 Å². The maximum absolute atomic E-state index is 2.25. The quantitative estimate of drug-likeness (QED) is 0.371. The van der Waals surface area contributed by atoms with E-state index in [1.807, 2.05) is 30.4 Å². The number of quaternary nitrogens is 1. The van der Waals surface area contributed by atoms with E-state index in [1.165, 1.54) is 0 Å². The van der Waals surface area contributed by atoms with E-state index in [0.29, 0.717) is 0 Å². The summed E-state index contributed by atoms with van der Waals surface area (Å²) >= 11 is 0. The summed E-state index contributed by atoms with van der Waals surface area (Å²) < 4.78 is 0.841. The summed E-state index contributed by atoms with van der Waals surface area (Å²) in [6, 6.07) is 0. The summed E-state index contributed by atoms with van der Waals surface area (Å²) in [5, 5.41) is 0. The van der Waals surface area contributed by atoms with E-state index in [0.717, 1.165) is 4.48 Å². The third kappa shape index (κ3) is 14.7. The Morgan fingerprint density at radius 1 is 0.611 bits per heavy atom. The van der Waals surface area contributed by atoms with Crippen molar-refractivity contribution in [3.63, 3.8) is 0 Å². The highest BCUT2D eigenvalue weighted by atomic mass is 15.3. The smallest absolute Gasteiger partial charge is 0.0952 e. The zero-order valence-corrected chi connectivity index (χ0v) is 12.8. The molecule has 0 spiro atoms. The molecular formula is C16H28BN. The Hall–Kier alpha value is -1.28. The molecule has 0 aromatic heterocycles. The highest BCUT2D eigenvalue weighted by Gasteiger charge is 1.97. The molecule has 0 saturated carbocycles. The van der Waals surface area contributed by atoms with Crippen molar-refractivity contribution in [2.24, 2.45) is 0 Å². The van der Waals surface area contributed by atoms with Crippen molar-refractivity contribution in [1.82, 2.24) is 0 Å². The minimum absolute atomic E-state index is 0.329. The number of hydrogen-bond acceptors (Lipinski definition) is 0. The molecule has 0 unspecified atom stereocenters. The molecule has 0 N–H and O–H groups in total. The zero-order valence-electron chi connectivity index (χ0n) is 12.8. The van der Waals surface area contributed by atoms with Gasteiger partial charge >= 0.3 is 0 Å². The minimum atomic E-state index is -0.329. The zero-order chi connectivity index (χ0) is 14.1. The Bertz CT molecular complexity index is 322. The van der Waals surface area contributed by atoms with Crippen molar-refractivity contribution in [1.29, 1.82) is 0 Å². The van der Waals surface area contributed by atoms with E-state index in [4.69, 9.17) is 0 Å². The molecule has 0 aliphatic heterocycles. The Balaban J connectivity index is 3.99. The molecule has 0 aliphatic rings. The van der Waals surface area contributed by atoms with Crippen LogP contribution in [0.4, 0.5) is 0 Å². The fourth-order valence-corrected chi connectivity index (χ4v) is 1.09. The van der Waals surface area contributed by atoms with Crippen LogP contribution in [0, 0.1) is 0 Å². The maximum atomic E-state index is 2.25. The fraction of sp³-hybridized carbons (Fsp3) is 0.375. The average Bonchev–Trinajstić information content (AvgIpc) is 2.17. The van der Waals surface area contributed by atoms with Crippen LogP contribution in [-0.4, -0.2) is 31.8 Å². The predicted molar refractivity (Wildman–Crippen MR) is 87.1 cm³/mol. The van der Waals surface area contributed by atoms with Crippen LogP contribution < -0.4 is 0 Å². The van der Waals surface area contributed by atoms with Gasteiger partial charge < -0.3 is 4.48 Å². The van der Waals surface area contributed by atoms with Gasteiger partial charge in [-0.05, 0) is 6.08 Å². The largest absolute Gasteiger partial charge is 0.305 e. The second-order valence-corrected chi connectivity index (χ2v) is 6.73. The fourth-order valence-electron chi connectivity index (χ4n) is 1.09. The SMILES string of the molecule is C[B-](C)(C)/C=C/C=C/C=C/C=C/C=C/[N+](C)(C)C. The van der Waals surface area contributed by atoms with Gasteiger partial charge in [0.25, 0.3) is 0 Å². The Labute approximate surface area is 113 Å². The van der Waals surface area contributed by atoms with Gasteiger partial charge in [0.2, 0.25) is 0 Å². The van der Waals surface area contributed by atoms with Crippen molar-refractivity contribution in [2.75, 3.05) is 21.1 Å². The van der Waals surface area contributed by atoms with Gasteiger partial charge in [0.15, 0.2) is 0 Å². The molecule has 0 atom stereocenters. The molecule has 100 valence electrons. The van der Waals surface area contributed by atoms with Crippen molar-refractivity contribution < 1.29 is 4.48 Å². The van der Waals surface area contributed by atoms with Gasteiger partial charge in [0.1, 0.15) is 0 Å². The lowest BCUT2D eigenvalue weighted by Gasteiger charge is -2.16. The topological polar surface area (TPSA) is 0 Å². The molecule has 0 saturated heterocycles. The molecule has 0 heterocycles. The van der Waals surface area contributed by atoms with Gasteiger partial charge in [0.05, 0.1) is 27.3 Å². The number of nitrogens with zero attached hydrogens (tertiary/aromatic N) is 1. The first kappa shape index (κ1) is 16.7. The summed E-state index contributed by atoms with van der Waals surface area (Å²) in [6.45, 7) is 6.76. The molecule has 0 aromatic rings. The van der Waals surface area contributed by atoms with E-state index >= 15 is 0 Å². The van der Waals surface area contributed by atoms with E-state index in [1.54, 1.807) is 0 Å². The molecule has 0 radical (unpaired) electrons. The molecule has 0 fully saturated rings. The van der Waals surface area contributed by atoms with Crippen LogP contribution >= 0.6 is 0 Å². The van der Waals surface area contributed by atoms with Gasteiger partial charge in [0, 0.05) is 6.15 Å². The highest BCUT2D eigenvalue weighted by molar-refractivity contribution is 6.80. The highest BCUT2D eigenvalue weighted by Crippen LogP contribution is 2.01. The first-order valence-electron chi connectivity index (χ1n) is 6.67. The van der Waals surface area contributed by atoms with E-state index in [2.05, 4.69) is 72.0 Å². The Kier molecular flexibility index (Phi) is 7.38. The van der Waals surface area contributed by atoms with Crippen LogP contribution in [-0.2, 0) is 0 Å². The lowest BCUT2D eigenvalue weighted by atomic mass is 9.30. The Morgan fingerprint density at radius 2 is 1.00 bits per heavy atom. The summed E-state index contributed by atoms with van der Waals surface area (Å²) in [6.07, 6.45) is 18.3. The second-order valence-electron chi connectivity index (χ2n) is 6.73. The molecule has 0 aliphatic carbocycles. The summed E-state index contributed by atoms with van der Waals surface area (Å²) in [4.78, 5) is 0. The van der Waals surface area contributed by atoms with Crippen molar-refractivity contribution in [3.8, 4) is 0 Å².